The van der Waals surface area contributed by atoms with Gasteiger partial charge >= 0.3 is 5.97 Å². The lowest BCUT2D eigenvalue weighted by atomic mass is 10.2. The molecule has 17 heavy (non-hydrogen) atoms. The van der Waals surface area contributed by atoms with Crippen LogP contribution in [-0.2, 0) is 19.4 Å². The molecule has 0 atom stereocenters. The van der Waals surface area contributed by atoms with Crippen molar-refractivity contribution in [2.75, 3.05) is 12.9 Å². The molecule has 0 aliphatic rings. The number of hydrogen-bond donors (Lipinski definition) is 0. The van der Waals surface area contributed by atoms with Crippen LogP contribution in [0.4, 0.5) is 0 Å². The summed E-state index contributed by atoms with van der Waals surface area (Å²) >= 11 is 0. The van der Waals surface area contributed by atoms with Crippen LogP contribution in [0.3, 0.4) is 0 Å². The van der Waals surface area contributed by atoms with Crippen molar-refractivity contribution in [3.63, 3.8) is 0 Å². The van der Waals surface area contributed by atoms with E-state index in [2.05, 4.69) is 0 Å². The molecule has 0 heterocycles. The Kier molecular flexibility index (Phi) is 4.45. The molecule has 0 amide bonds. The maximum atomic E-state index is 11.2. The molecule has 0 bridgehead atoms. The van der Waals surface area contributed by atoms with Gasteiger partial charge in [0.15, 0.2) is 9.84 Å². The first kappa shape index (κ1) is 13.4. The summed E-state index contributed by atoms with van der Waals surface area (Å²) in [5, 5.41) is 0. The lowest BCUT2D eigenvalue weighted by Gasteiger charge is -1.99. The van der Waals surface area contributed by atoms with E-state index in [0.29, 0.717) is 6.61 Å². The predicted molar refractivity (Wildman–Crippen MR) is 65.2 cm³/mol. The van der Waals surface area contributed by atoms with Crippen molar-refractivity contribution in [3.8, 4) is 0 Å². The molecule has 0 unspecified atom stereocenters. The van der Waals surface area contributed by atoms with Crippen LogP contribution in [0.5, 0.6) is 0 Å². The highest BCUT2D eigenvalue weighted by Crippen LogP contribution is 2.11. The van der Waals surface area contributed by atoms with E-state index in [4.69, 9.17) is 4.74 Å². The van der Waals surface area contributed by atoms with E-state index in [1.165, 1.54) is 18.2 Å². The Hall–Kier alpha value is -1.62. The minimum absolute atomic E-state index is 0.255. The van der Waals surface area contributed by atoms with Crippen LogP contribution in [0.1, 0.15) is 12.5 Å². The molecule has 4 nitrogen and oxygen atoms in total. The summed E-state index contributed by atoms with van der Waals surface area (Å²) in [5.41, 5.74) is 0.741. The van der Waals surface area contributed by atoms with Crippen molar-refractivity contribution >= 4 is 21.9 Å². The van der Waals surface area contributed by atoms with Gasteiger partial charge < -0.3 is 4.74 Å². The predicted octanol–water partition coefficient (Wildman–Crippen LogP) is 1.67. The average molecular weight is 254 g/mol. The van der Waals surface area contributed by atoms with Gasteiger partial charge in [-0.3, -0.25) is 0 Å². The zero-order valence-electron chi connectivity index (χ0n) is 9.71. The van der Waals surface area contributed by atoms with Gasteiger partial charge in [0.1, 0.15) is 0 Å². The Morgan fingerprint density at radius 2 is 1.88 bits per heavy atom. The highest BCUT2D eigenvalue weighted by Gasteiger charge is 2.05. The SMILES string of the molecule is CCOC(=O)/C=C\c1ccc(S(C)(=O)=O)cc1. The van der Waals surface area contributed by atoms with Crippen molar-refractivity contribution in [2.24, 2.45) is 0 Å². The van der Waals surface area contributed by atoms with Gasteiger partial charge in [-0.1, -0.05) is 12.1 Å². The fraction of sp³-hybridized carbons (Fsp3) is 0.250. The fourth-order valence-electron chi connectivity index (χ4n) is 1.18. The molecule has 0 radical (unpaired) electrons. The molecule has 0 saturated carbocycles. The number of rotatable bonds is 4. The summed E-state index contributed by atoms with van der Waals surface area (Å²) in [6, 6.07) is 6.26. The van der Waals surface area contributed by atoms with Gasteiger partial charge in [-0.2, -0.15) is 0 Å². The van der Waals surface area contributed by atoms with Crippen molar-refractivity contribution < 1.29 is 17.9 Å². The summed E-state index contributed by atoms with van der Waals surface area (Å²) in [4.78, 5) is 11.3. The molecule has 5 heteroatoms. The molecular weight excluding hydrogens is 240 g/mol. The lowest BCUT2D eigenvalue weighted by Crippen LogP contribution is -1.98. The smallest absolute Gasteiger partial charge is 0.330 e. The molecule has 1 aromatic carbocycles. The zero-order chi connectivity index (χ0) is 12.9. The summed E-state index contributed by atoms with van der Waals surface area (Å²) in [5.74, 6) is -0.417. The second-order valence-electron chi connectivity index (χ2n) is 3.43. The van der Waals surface area contributed by atoms with Gasteiger partial charge in [0.05, 0.1) is 11.5 Å². The highest BCUT2D eigenvalue weighted by molar-refractivity contribution is 7.90. The second kappa shape index (κ2) is 5.63. The maximum Gasteiger partial charge on any atom is 0.330 e. The third kappa shape index (κ3) is 4.40. The molecule has 0 aliphatic carbocycles. The molecule has 0 N–H and O–H groups in total. The van der Waals surface area contributed by atoms with Crippen molar-refractivity contribution in [2.45, 2.75) is 11.8 Å². The van der Waals surface area contributed by atoms with Crippen LogP contribution >= 0.6 is 0 Å². The molecule has 1 rings (SSSR count). The van der Waals surface area contributed by atoms with Gasteiger partial charge in [0.2, 0.25) is 0 Å². The molecule has 0 fully saturated rings. The maximum absolute atomic E-state index is 11.2. The minimum Gasteiger partial charge on any atom is -0.463 e. The second-order valence-corrected chi connectivity index (χ2v) is 5.44. The first-order valence-corrected chi connectivity index (χ1v) is 6.97. The largest absolute Gasteiger partial charge is 0.463 e. The summed E-state index contributed by atoms with van der Waals surface area (Å²) in [6.07, 6.45) is 4.03. The van der Waals surface area contributed by atoms with Gasteiger partial charge in [-0.25, -0.2) is 13.2 Å². The van der Waals surface area contributed by atoms with Crippen molar-refractivity contribution in [1.29, 1.82) is 0 Å². The van der Waals surface area contributed by atoms with Crippen molar-refractivity contribution in [3.05, 3.63) is 35.9 Å². The first-order chi connectivity index (χ1) is 7.93. The lowest BCUT2D eigenvalue weighted by molar-refractivity contribution is -0.137. The fourth-order valence-corrected chi connectivity index (χ4v) is 1.81. The van der Waals surface area contributed by atoms with Crippen LogP contribution in [-0.4, -0.2) is 27.2 Å². The van der Waals surface area contributed by atoms with E-state index in [1.54, 1.807) is 25.1 Å². The standard InChI is InChI=1S/C12H14O4S/c1-3-16-12(13)9-6-10-4-7-11(8-5-10)17(2,14)15/h4-9H,3H2,1-2H3/b9-6-. The minimum atomic E-state index is -3.18. The van der Waals surface area contributed by atoms with Crippen LogP contribution < -0.4 is 0 Å². The van der Waals surface area contributed by atoms with E-state index in [9.17, 15) is 13.2 Å². The summed E-state index contributed by atoms with van der Waals surface area (Å²) < 4.78 is 27.1. The first-order valence-electron chi connectivity index (χ1n) is 5.08. The average Bonchev–Trinajstić information content (AvgIpc) is 2.26. The zero-order valence-corrected chi connectivity index (χ0v) is 10.5. The van der Waals surface area contributed by atoms with Crippen LogP contribution in [0, 0.1) is 0 Å². The Bertz CT molecular complexity index is 512. The molecule has 0 spiro atoms. The molecule has 92 valence electrons. The summed E-state index contributed by atoms with van der Waals surface area (Å²) in [7, 11) is -3.18. The van der Waals surface area contributed by atoms with Crippen LogP contribution in [0.15, 0.2) is 35.2 Å². The summed E-state index contributed by atoms with van der Waals surface area (Å²) in [6.45, 7) is 2.06. The number of benzene rings is 1. The van der Waals surface area contributed by atoms with E-state index in [1.807, 2.05) is 0 Å². The number of hydrogen-bond acceptors (Lipinski definition) is 4. The normalized spacial score (nSPS) is 11.6. The van der Waals surface area contributed by atoms with E-state index in [0.717, 1.165) is 11.8 Å². The number of sulfone groups is 1. The molecule has 0 aliphatic heterocycles. The van der Waals surface area contributed by atoms with Gasteiger partial charge in [-0.15, -0.1) is 0 Å². The van der Waals surface area contributed by atoms with Crippen LogP contribution in [0.25, 0.3) is 6.08 Å². The van der Waals surface area contributed by atoms with Gasteiger partial charge in [-0.05, 0) is 30.7 Å². The Morgan fingerprint density at radius 1 is 1.29 bits per heavy atom. The number of carbonyl (C=O) groups is 1. The number of esters is 1. The van der Waals surface area contributed by atoms with Gasteiger partial charge in [0.25, 0.3) is 0 Å². The quantitative estimate of drug-likeness (QED) is 0.605. The third-order valence-electron chi connectivity index (χ3n) is 2.01. The van der Waals surface area contributed by atoms with Gasteiger partial charge in [0, 0.05) is 12.3 Å². The number of carbonyl (C=O) groups excluding carboxylic acids is 1. The van der Waals surface area contributed by atoms with E-state index < -0.39 is 15.8 Å². The van der Waals surface area contributed by atoms with Crippen LogP contribution in [0.2, 0.25) is 0 Å². The van der Waals surface area contributed by atoms with E-state index in [-0.39, 0.29) is 4.90 Å². The molecule has 0 aromatic heterocycles. The Morgan fingerprint density at radius 3 is 2.35 bits per heavy atom. The number of ether oxygens (including phenoxy) is 1. The van der Waals surface area contributed by atoms with E-state index >= 15 is 0 Å². The Balaban J connectivity index is 2.79. The molecular formula is C12H14O4S. The van der Waals surface area contributed by atoms with Crippen molar-refractivity contribution in [1.82, 2.24) is 0 Å². The Labute approximate surface area is 101 Å². The molecule has 1 aromatic rings. The molecule has 0 saturated heterocycles. The monoisotopic (exact) mass is 254 g/mol. The third-order valence-corrected chi connectivity index (χ3v) is 3.14. The highest BCUT2D eigenvalue weighted by atomic mass is 32.2. The topological polar surface area (TPSA) is 60.4 Å².